The number of morpholine rings is 1. The highest BCUT2D eigenvalue weighted by Gasteiger charge is 2.32. The van der Waals surface area contributed by atoms with E-state index in [0.717, 1.165) is 57.6 Å². The van der Waals surface area contributed by atoms with Gasteiger partial charge in [0.25, 0.3) is 0 Å². The number of anilines is 1. The number of hydrogen-bond donors (Lipinski definition) is 1. The van der Waals surface area contributed by atoms with Crippen LogP contribution in [0.3, 0.4) is 0 Å². The largest absolute Gasteiger partial charge is 0.378 e. The summed E-state index contributed by atoms with van der Waals surface area (Å²) in [6.07, 6.45) is 3.24. The lowest BCUT2D eigenvalue weighted by molar-refractivity contribution is 0.122. The monoisotopic (exact) mass is 296 g/mol. The summed E-state index contributed by atoms with van der Waals surface area (Å²) in [5.41, 5.74) is 6.17. The van der Waals surface area contributed by atoms with Crippen molar-refractivity contribution in [1.29, 1.82) is 0 Å². The molecular formula is C14H24N4OS. The predicted molar refractivity (Wildman–Crippen MR) is 82.2 cm³/mol. The third kappa shape index (κ3) is 3.14. The van der Waals surface area contributed by atoms with E-state index in [4.69, 9.17) is 10.5 Å². The highest BCUT2D eigenvalue weighted by Crippen LogP contribution is 2.31. The van der Waals surface area contributed by atoms with Crippen LogP contribution < -0.4 is 10.6 Å². The maximum atomic E-state index is 5.87. The van der Waals surface area contributed by atoms with Crippen molar-refractivity contribution in [2.24, 2.45) is 11.1 Å². The molecule has 0 bridgehead atoms. The Bertz CT molecular complexity index is 446. The summed E-state index contributed by atoms with van der Waals surface area (Å²) in [6, 6.07) is 0. The molecule has 0 aliphatic carbocycles. The highest BCUT2D eigenvalue weighted by atomic mass is 32.1. The van der Waals surface area contributed by atoms with Crippen molar-refractivity contribution in [3.63, 3.8) is 0 Å². The molecule has 112 valence electrons. The van der Waals surface area contributed by atoms with E-state index >= 15 is 0 Å². The lowest BCUT2D eigenvalue weighted by atomic mass is 9.90. The van der Waals surface area contributed by atoms with Gasteiger partial charge >= 0.3 is 0 Å². The van der Waals surface area contributed by atoms with Crippen molar-refractivity contribution in [1.82, 2.24) is 9.88 Å². The number of hydrogen-bond acceptors (Lipinski definition) is 6. The van der Waals surface area contributed by atoms with E-state index in [9.17, 15) is 0 Å². The Labute approximate surface area is 124 Å². The summed E-state index contributed by atoms with van der Waals surface area (Å²) in [6.45, 7) is 9.89. The van der Waals surface area contributed by atoms with Gasteiger partial charge in [0, 0.05) is 37.3 Å². The third-order valence-electron chi connectivity index (χ3n) is 4.33. The molecule has 2 aliphatic heterocycles. The molecule has 3 rings (SSSR count). The molecule has 1 unspecified atom stereocenters. The van der Waals surface area contributed by atoms with Crippen molar-refractivity contribution in [3.05, 3.63) is 11.1 Å². The van der Waals surface area contributed by atoms with Gasteiger partial charge in [-0.05, 0) is 24.9 Å². The minimum Gasteiger partial charge on any atom is -0.378 e. The van der Waals surface area contributed by atoms with E-state index in [1.165, 1.54) is 11.3 Å². The van der Waals surface area contributed by atoms with Crippen LogP contribution in [0.25, 0.3) is 0 Å². The summed E-state index contributed by atoms with van der Waals surface area (Å²) in [5.74, 6) is 0. The number of likely N-dealkylation sites (tertiary alicyclic amines) is 1. The molecule has 6 heteroatoms. The van der Waals surface area contributed by atoms with Gasteiger partial charge in [-0.3, -0.25) is 4.90 Å². The van der Waals surface area contributed by atoms with Crippen molar-refractivity contribution in [2.75, 3.05) is 50.8 Å². The number of nitrogens with zero attached hydrogens (tertiary/aromatic N) is 3. The average molecular weight is 296 g/mol. The van der Waals surface area contributed by atoms with Gasteiger partial charge in [0.15, 0.2) is 5.13 Å². The topological polar surface area (TPSA) is 54.6 Å². The molecule has 0 aromatic carbocycles. The molecular weight excluding hydrogens is 272 g/mol. The van der Waals surface area contributed by atoms with Gasteiger partial charge in [-0.2, -0.15) is 0 Å². The fourth-order valence-corrected chi connectivity index (χ4v) is 3.92. The molecule has 3 heterocycles. The van der Waals surface area contributed by atoms with Crippen LogP contribution in [0.15, 0.2) is 6.20 Å². The van der Waals surface area contributed by atoms with Crippen molar-refractivity contribution in [3.8, 4) is 0 Å². The van der Waals surface area contributed by atoms with Crippen molar-refractivity contribution in [2.45, 2.75) is 19.9 Å². The Kier molecular flexibility index (Phi) is 4.26. The Morgan fingerprint density at radius 2 is 2.20 bits per heavy atom. The van der Waals surface area contributed by atoms with Gasteiger partial charge in [0.2, 0.25) is 0 Å². The Balaban J connectivity index is 1.57. The van der Waals surface area contributed by atoms with Crippen LogP contribution in [0.4, 0.5) is 5.13 Å². The predicted octanol–water partition coefficient (Wildman–Crippen LogP) is 1.15. The maximum absolute atomic E-state index is 5.87. The first-order chi connectivity index (χ1) is 9.68. The van der Waals surface area contributed by atoms with Crippen LogP contribution in [-0.4, -0.2) is 55.8 Å². The molecule has 1 aromatic rings. The maximum Gasteiger partial charge on any atom is 0.185 e. The summed E-state index contributed by atoms with van der Waals surface area (Å²) < 4.78 is 5.39. The molecule has 1 atom stereocenters. The second-order valence-electron chi connectivity index (χ2n) is 6.18. The first-order valence-corrected chi connectivity index (χ1v) is 8.20. The van der Waals surface area contributed by atoms with E-state index < -0.39 is 0 Å². The fourth-order valence-electron chi connectivity index (χ4n) is 2.92. The van der Waals surface area contributed by atoms with Crippen LogP contribution in [0, 0.1) is 5.41 Å². The van der Waals surface area contributed by atoms with Crippen molar-refractivity contribution >= 4 is 16.5 Å². The standard InChI is InChI=1S/C14H24N4OS/c1-14(10-15)2-3-17(11-14)9-12-8-16-13(20-12)18-4-6-19-7-5-18/h8H,2-7,9-11,15H2,1H3. The molecule has 0 saturated carbocycles. The summed E-state index contributed by atoms with van der Waals surface area (Å²) in [7, 11) is 0. The average Bonchev–Trinajstić information content (AvgIpc) is 3.08. The van der Waals surface area contributed by atoms with E-state index in [0.29, 0.717) is 5.41 Å². The van der Waals surface area contributed by atoms with Gasteiger partial charge in [-0.1, -0.05) is 6.92 Å². The number of aromatic nitrogens is 1. The second-order valence-corrected chi connectivity index (χ2v) is 7.28. The minimum atomic E-state index is 0.303. The minimum absolute atomic E-state index is 0.303. The number of thiazole rings is 1. The zero-order valence-electron chi connectivity index (χ0n) is 12.2. The molecule has 2 N–H and O–H groups in total. The highest BCUT2D eigenvalue weighted by molar-refractivity contribution is 7.15. The zero-order chi connectivity index (χ0) is 14.0. The molecule has 0 spiro atoms. The Morgan fingerprint density at radius 1 is 1.40 bits per heavy atom. The number of ether oxygens (including phenoxy) is 1. The first kappa shape index (κ1) is 14.3. The van der Waals surface area contributed by atoms with Crippen LogP contribution in [0.1, 0.15) is 18.2 Å². The zero-order valence-corrected chi connectivity index (χ0v) is 13.0. The quantitative estimate of drug-likeness (QED) is 0.903. The Morgan fingerprint density at radius 3 is 2.90 bits per heavy atom. The van der Waals surface area contributed by atoms with Gasteiger partial charge in [-0.25, -0.2) is 4.98 Å². The lowest BCUT2D eigenvalue weighted by Crippen LogP contribution is -2.36. The fraction of sp³-hybridized carbons (Fsp3) is 0.786. The van der Waals surface area contributed by atoms with Gasteiger partial charge in [0.1, 0.15) is 0 Å². The van der Waals surface area contributed by atoms with Crippen molar-refractivity contribution < 1.29 is 4.74 Å². The van der Waals surface area contributed by atoms with Crippen LogP contribution >= 0.6 is 11.3 Å². The lowest BCUT2D eigenvalue weighted by Gasteiger charge is -2.26. The van der Waals surface area contributed by atoms with Gasteiger partial charge in [-0.15, -0.1) is 11.3 Å². The van der Waals surface area contributed by atoms with Crippen LogP contribution in [0.2, 0.25) is 0 Å². The molecule has 0 amide bonds. The third-order valence-corrected chi connectivity index (χ3v) is 5.38. The van der Waals surface area contributed by atoms with Gasteiger partial charge in [0.05, 0.1) is 13.2 Å². The number of nitrogens with two attached hydrogens (primary N) is 1. The summed E-state index contributed by atoms with van der Waals surface area (Å²) in [5, 5.41) is 1.14. The van der Waals surface area contributed by atoms with E-state index in [-0.39, 0.29) is 0 Å². The van der Waals surface area contributed by atoms with E-state index in [1.807, 2.05) is 17.5 Å². The molecule has 2 aliphatic rings. The van der Waals surface area contributed by atoms with Crippen LogP contribution in [-0.2, 0) is 11.3 Å². The molecule has 1 aromatic heterocycles. The molecule has 0 radical (unpaired) electrons. The summed E-state index contributed by atoms with van der Waals surface area (Å²) >= 11 is 1.82. The first-order valence-electron chi connectivity index (χ1n) is 7.38. The van der Waals surface area contributed by atoms with E-state index in [2.05, 4.69) is 21.7 Å². The molecule has 5 nitrogen and oxygen atoms in total. The second kappa shape index (κ2) is 5.97. The van der Waals surface area contributed by atoms with Crippen LogP contribution in [0.5, 0.6) is 0 Å². The van der Waals surface area contributed by atoms with E-state index in [1.54, 1.807) is 0 Å². The Hall–Kier alpha value is -0.690. The molecule has 20 heavy (non-hydrogen) atoms. The summed E-state index contributed by atoms with van der Waals surface area (Å²) in [4.78, 5) is 10.8. The smallest absolute Gasteiger partial charge is 0.185 e. The van der Waals surface area contributed by atoms with Gasteiger partial charge < -0.3 is 15.4 Å². The number of rotatable bonds is 4. The molecule has 2 fully saturated rings. The normalized spacial score (nSPS) is 28.2. The SMILES string of the molecule is CC1(CN)CCN(Cc2cnc(N3CCOCC3)s2)C1. The molecule has 2 saturated heterocycles.